The maximum atomic E-state index is 12.1. The van der Waals surface area contributed by atoms with Crippen LogP contribution in [0.25, 0.3) is 0 Å². The summed E-state index contributed by atoms with van der Waals surface area (Å²) >= 11 is 0. The van der Waals surface area contributed by atoms with Crippen molar-refractivity contribution in [2.45, 2.75) is 214 Å². The molecule has 0 saturated heterocycles. The van der Waals surface area contributed by atoms with Gasteiger partial charge in [0.2, 0.25) is 5.91 Å². The van der Waals surface area contributed by atoms with Crippen molar-refractivity contribution in [3.63, 3.8) is 0 Å². The zero-order chi connectivity index (χ0) is 31.1. The van der Waals surface area contributed by atoms with Crippen molar-refractivity contribution < 1.29 is 4.79 Å². The molecule has 0 spiro atoms. The molecule has 0 bridgehead atoms. The van der Waals surface area contributed by atoms with E-state index in [0.29, 0.717) is 11.5 Å². The Morgan fingerprint density at radius 1 is 0.452 bits per heavy atom. The minimum atomic E-state index is 0.0334. The molecule has 0 aliphatic carbocycles. The second kappa shape index (κ2) is 31.6. The Morgan fingerprint density at radius 2 is 0.690 bits per heavy atom. The van der Waals surface area contributed by atoms with Gasteiger partial charge in [0.05, 0.1) is 0 Å². The van der Waals surface area contributed by atoms with Gasteiger partial charge >= 0.3 is 0 Å². The Bertz CT molecular complexity index is 580. The van der Waals surface area contributed by atoms with Gasteiger partial charge in [0.15, 0.2) is 0 Å². The molecular formula is C40H79NO. The average Bonchev–Trinajstić information content (AvgIpc) is 2.95. The fourth-order valence-electron chi connectivity index (χ4n) is 6.24. The van der Waals surface area contributed by atoms with E-state index < -0.39 is 0 Å². The third kappa shape index (κ3) is 32.1. The Balaban J connectivity index is 3.76. The molecule has 0 heterocycles. The van der Waals surface area contributed by atoms with Crippen LogP contribution in [0, 0.1) is 17.8 Å². The highest BCUT2D eigenvalue weighted by Gasteiger charge is 2.11. The predicted octanol–water partition coefficient (Wildman–Crippen LogP) is 13.5. The van der Waals surface area contributed by atoms with Crippen molar-refractivity contribution in [3.05, 3.63) is 12.2 Å². The first kappa shape index (κ1) is 41.2. The summed E-state index contributed by atoms with van der Waals surface area (Å²) in [6.45, 7) is 15.8. The van der Waals surface area contributed by atoms with Crippen LogP contribution in [0.15, 0.2) is 12.2 Å². The van der Waals surface area contributed by atoms with E-state index in [-0.39, 0.29) is 5.91 Å². The summed E-state index contributed by atoms with van der Waals surface area (Å²) in [6, 6.07) is 0. The van der Waals surface area contributed by atoms with E-state index in [1.54, 1.807) is 0 Å². The van der Waals surface area contributed by atoms with Gasteiger partial charge in [-0.2, -0.15) is 0 Å². The Hall–Kier alpha value is -0.790. The van der Waals surface area contributed by atoms with Crippen molar-refractivity contribution in [1.82, 2.24) is 5.32 Å². The Morgan fingerprint density at radius 3 is 0.929 bits per heavy atom. The highest BCUT2D eigenvalue weighted by Crippen LogP contribution is 2.20. The summed E-state index contributed by atoms with van der Waals surface area (Å²) in [4.78, 5) is 12.1. The van der Waals surface area contributed by atoms with E-state index in [9.17, 15) is 4.79 Å². The van der Waals surface area contributed by atoms with Crippen LogP contribution in [0.2, 0.25) is 0 Å². The fraction of sp³-hybridized carbons (Fsp3) is 0.925. The summed E-state index contributed by atoms with van der Waals surface area (Å²) in [5, 5.41) is 3.15. The van der Waals surface area contributed by atoms with Crippen LogP contribution in [0.4, 0.5) is 0 Å². The zero-order valence-corrected chi connectivity index (χ0v) is 29.9. The maximum absolute atomic E-state index is 12.1. The summed E-state index contributed by atoms with van der Waals surface area (Å²) in [5.74, 6) is 2.41. The van der Waals surface area contributed by atoms with E-state index in [1.165, 1.54) is 180 Å². The average molecular weight is 590 g/mol. The summed E-state index contributed by atoms with van der Waals surface area (Å²) in [7, 11) is 0. The van der Waals surface area contributed by atoms with Gasteiger partial charge in [-0.3, -0.25) is 4.79 Å². The highest BCUT2D eigenvalue weighted by molar-refractivity contribution is 5.92. The molecule has 0 aliphatic heterocycles. The number of carbonyl (C=O) groups excluding carboxylic acids is 1. The standard InChI is InChI=1S/C40H79NO/c1-36(2)31-27-23-19-15-11-8-7-9-13-17-21-25-29-33-39(35-41-40(42)38(5)6)34-30-26-22-18-14-10-12-16-20-24-28-32-37(3)4/h36-37,39H,5,7-35H2,1-4,6H3,(H,41,42). The first-order valence-corrected chi connectivity index (χ1v) is 19.3. The molecule has 0 radical (unpaired) electrons. The van der Waals surface area contributed by atoms with Crippen LogP contribution in [0.5, 0.6) is 0 Å². The van der Waals surface area contributed by atoms with Crippen molar-refractivity contribution in [3.8, 4) is 0 Å². The van der Waals surface area contributed by atoms with Crippen molar-refractivity contribution in [2.24, 2.45) is 17.8 Å². The molecule has 2 heteroatoms. The van der Waals surface area contributed by atoms with E-state index in [2.05, 4.69) is 39.6 Å². The summed E-state index contributed by atoms with van der Waals surface area (Å²) < 4.78 is 0. The van der Waals surface area contributed by atoms with Gasteiger partial charge in [-0.05, 0) is 37.5 Å². The van der Waals surface area contributed by atoms with Crippen LogP contribution in [0.3, 0.4) is 0 Å². The second-order valence-electron chi connectivity index (χ2n) is 14.8. The van der Waals surface area contributed by atoms with Crippen molar-refractivity contribution >= 4 is 5.91 Å². The number of amides is 1. The Kier molecular flexibility index (Phi) is 31.0. The van der Waals surface area contributed by atoms with Crippen LogP contribution in [0.1, 0.15) is 214 Å². The minimum absolute atomic E-state index is 0.0334. The van der Waals surface area contributed by atoms with Gasteiger partial charge in [0, 0.05) is 12.1 Å². The monoisotopic (exact) mass is 590 g/mol. The van der Waals surface area contributed by atoms with Crippen LogP contribution >= 0.6 is 0 Å². The molecule has 0 fully saturated rings. The van der Waals surface area contributed by atoms with Gasteiger partial charge < -0.3 is 5.32 Å². The first-order chi connectivity index (χ1) is 20.3. The lowest BCUT2D eigenvalue weighted by Gasteiger charge is -2.18. The molecule has 250 valence electrons. The van der Waals surface area contributed by atoms with Gasteiger partial charge in [-0.15, -0.1) is 0 Å². The first-order valence-electron chi connectivity index (χ1n) is 19.3. The molecule has 1 amide bonds. The largest absolute Gasteiger partial charge is 0.352 e. The predicted molar refractivity (Wildman–Crippen MR) is 190 cm³/mol. The normalized spacial score (nSPS) is 12.4. The number of carbonyl (C=O) groups is 1. The summed E-state index contributed by atoms with van der Waals surface area (Å²) in [5.41, 5.74) is 0.631. The van der Waals surface area contributed by atoms with Crippen LogP contribution in [-0.4, -0.2) is 12.5 Å². The number of hydrogen-bond donors (Lipinski definition) is 1. The molecule has 2 nitrogen and oxygen atoms in total. The lowest BCUT2D eigenvalue weighted by molar-refractivity contribution is -0.117. The zero-order valence-electron chi connectivity index (χ0n) is 29.9. The second-order valence-corrected chi connectivity index (χ2v) is 14.8. The molecule has 0 saturated carbocycles. The topological polar surface area (TPSA) is 29.1 Å². The third-order valence-corrected chi connectivity index (χ3v) is 9.23. The smallest absolute Gasteiger partial charge is 0.246 e. The van der Waals surface area contributed by atoms with Crippen molar-refractivity contribution in [1.29, 1.82) is 0 Å². The molecule has 0 aromatic rings. The number of rotatable bonds is 33. The lowest BCUT2D eigenvalue weighted by Crippen LogP contribution is -2.29. The van der Waals surface area contributed by atoms with Crippen LogP contribution < -0.4 is 5.32 Å². The van der Waals surface area contributed by atoms with Gasteiger partial charge in [-0.25, -0.2) is 0 Å². The quantitative estimate of drug-likeness (QED) is 0.0598. The number of unbranched alkanes of at least 4 members (excludes halogenated alkanes) is 22. The third-order valence-electron chi connectivity index (χ3n) is 9.23. The van der Waals surface area contributed by atoms with Crippen molar-refractivity contribution in [2.75, 3.05) is 6.54 Å². The minimum Gasteiger partial charge on any atom is -0.352 e. The maximum Gasteiger partial charge on any atom is 0.246 e. The molecule has 1 atom stereocenters. The molecular weight excluding hydrogens is 510 g/mol. The summed E-state index contributed by atoms with van der Waals surface area (Å²) in [6.07, 6.45) is 39.3. The van der Waals surface area contributed by atoms with E-state index in [0.717, 1.165) is 18.4 Å². The SMILES string of the molecule is C=C(C)C(=O)NCC(CCCCCCCCCCCCCCCC(C)C)CCCCCCCCCCCCCC(C)C. The highest BCUT2D eigenvalue weighted by atomic mass is 16.1. The molecule has 0 rings (SSSR count). The van der Waals surface area contributed by atoms with Gasteiger partial charge in [0.1, 0.15) is 0 Å². The van der Waals surface area contributed by atoms with Crippen LogP contribution in [-0.2, 0) is 4.79 Å². The van der Waals surface area contributed by atoms with Gasteiger partial charge in [-0.1, -0.05) is 201 Å². The molecule has 0 aromatic carbocycles. The molecule has 0 aromatic heterocycles. The van der Waals surface area contributed by atoms with E-state index >= 15 is 0 Å². The number of hydrogen-bond acceptors (Lipinski definition) is 1. The van der Waals surface area contributed by atoms with E-state index in [4.69, 9.17) is 0 Å². The fourth-order valence-corrected chi connectivity index (χ4v) is 6.24. The molecule has 1 unspecified atom stereocenters. The van der Waals surface area contributed by atoms with E-state index in [1.807, 2.05) is 6.92 Å². The van der Waals surface area contributed by atoms with Gasteiger partial charge in [0.25, 0.3) is 0 Å². The molecule has 42 heavy (non-hydrogen) atoms. The number of nitrogens with one attached hydrogen (secondary N) is 1. The molecule has 1 N–H and O–H groups in total. The Labute approximate surface area is 266 Å². The lowest BCUT2D eigenvalue weighted by atomic mass is 9.93. The molecule has 0 aliphatic rings.